The second-order valence-electron chi connectivity index (χ2n) is 4.81. The third-order valence-corrected chi connectivity index (χ3v) is 3.64. The van der Waals surface area contributed by atoms with Crippen LogP contribution in [0.15, 0.2) is 42.5 Å². The van der Waals surface area contributed by atoms with Crippen molar-refractivity contribution in [1.82, 2.24) is 10.2 Å². The van der Waals surface area contributed by atoms with Gasteiger partial charge in [-0.2, -0.15) is 0 Å². The average Bonchev–Trinajstić information content (AvgIpc) is 2.51. The number of carbonyl (C=O) groups excluding carboxylic acids is 1. The van der Waals surface area contributed by atoms with Crippen LogP contribution in [-0.4, -0.2) is 37.0 Å². The van der Waals surface area contributed by atoms with Crippen molar-refractivity contribution < 1.29 is 4.79 Å². The monoisotopic (exact) mass is 270 g/mol. The van der Waals surface area contributed by atoms with Crippen molar-refractivity contribution in [2.75, 3.05) is 26.2 Å². The molecule has 2 rings (SSSR count). The number of hydrogen-bond acceptors (Lipinski definition) is 2. The van der Waals surface area contributed by atoms with Crippen molar-refractivity contribution in [3.8, 4) is 0 Å². The van der Waals surface area contributed by atoms with Crippen LogP contribution in [0.25, 0.3) is 10.8 Å². The minimum atomic E-state index is 0.00829. The van der Waals surface area contributed by atoms with Crippen molar-refractivity contribution in [2.45, 2.75) is 13.8 Å². The first-order chi connectivity index (χ1) is 9.76. The van der Waals surface area contributed by atoms with Gasteiger partial charge in [-0.3, -0.25) is 4.79 Å². The highest BCUT2D eigenvalue weighted by atomic mass is 16.1. The van der Waals surface area contributed by atoms with Gasteiger partial charge < -0.3 is 10.2 Å². The summed E-state index contributed by atoms with van der Waals surface area (Å²) in [6.07, 6.45) is 0. The van der Waals surface area contributed by atoms with Crippen LogP contribution >= 0.6 is 0 Å². The highest BCUT2D eigenvalue weighted by Gasteiger charge is 2.09. The van der Waals surface area contributed by atoms with Crippen LogP contribution in [-0.2, 0) is 0 Å². The molecule has 0 saturated carbocycles. The predicted octanol–water partition coefficient (Wildman–Crippen LogP) is 2.91. The first kappa shape index (κ1) is 14.5. The zero-order valence-corrected chi connectivity index (χ0v) is 12.2. The van der Waals surface area contributed by atoms with Crippen LogP contribution in [0.2, 0.25) is 0 Å². The zero-order chi connectivity index (χ0) is 14.4. The van der Waals surface area contributed by atoms with Crippen LogP contribution in [0.4, 0.5) is 0 Å². The molecule has 0 aromatic heterocycles. The molecule has 0 aliphatic heterocycles. The summed E-state index contributed by atoms with van der Waals surface area (Å²) in [5, 5.41) is 5.12. The number of benzene rings is 2. The van der Waals surface area contributed by atoms with Gasteiger partial charge in [0.05, 0.1) is 0 Å². The number of carbonyl (C=O) groups is 1. The molecule has 3 heteroatoms. The molecule has 0 fully saturated rings. The summed E-state index contributed by atoms with van der Waals surface area (Å²) in [6, 6.07) is 13.8. The Hall–Kier alpha value is -1.87. The lowest BCUT2D eigenvalue weighted by atomic mass is 10.0. The van der Waals surface area contributed by atoms with Gasteiger partial charge >= 0.3 is 0 Å². The van der Waals surface area contributed by atoms with E-state index in [0.29, 0.717) is 6.54 Å². The summed E-state index contributed by atoms with van der Waals surface area (Å²) in [6.45, 7) is 7.88. The van der Waals surface area contributed by atoms with Gasteiger partial charge in [-0.15, -0.1) is 0 Å². The van der Waals surface area contributed by atoms with Crippen molar-refractivity contribution >= 4 is 16.7 Å². The molecule has 0 atom stereocenters. The molecule has 0 spiro atoms. The van der Waals surface area contributed by atoms with E-state index >= 15 is 0 Å². The van der Waals surface area contributed by atoms with Crippen molar-refractivity contribution in [3.63, 3.8) is 0 Å². The molecule has 0 saturated heterocycles. The Morgan fingerprint density at radius 3 is 2.50 bits per heavy atom. The molecule has 2 aromatic carbocycles. The fraction of sp³-hybridized carbons (Fsp3) is 0.353. The number of nitrogens with zero attached hydrogens (tertiary/aromatic N) is 1. The highest BCUT2D eigenvalue weighted by molar-refractivity contribution is 6.06. The second-order valence-corrected chi connectivity index (χ2v) is 4.81. The molecule has 3 nitrogen and oxygen atoms in total. The van der Waals surface area contributed by atoms with Gasteiger partial charge in [0.25, 0.3) is 5.91 Å². The normalized spacial score (nSPS) is 10.9. The smallest absolute Gasteiger partial charge is 0.251 e. The maximum atomic E-state index is 12.3. The van der Waals surface area contributed by atoms with Crippen molar-refractivity contribution in [2.24, 2.45) is 0 Å². The number of rotatable bonds is 6. The maximum absolute atomic E-state index is 12.3. The quantitative estimate of drug-likeness (QED) is 0.875. The molecule has 106 valence electrons. The van der Waals surface area contributed by atoms with Crippen LogP contribution in [0.5, 0.6) is 0 Å². The summed E-state index contributed by atoms with van der Waals surface area (Å²) >= 11 is 0. The van der Waals surface area contributed by atoms with Gasteiger partial charge in [-0.05, 0) is 29.9 Å². The Kier molecular flexibility index (Phi) is 5.13. The van der Waals surface area contributed by atoms with Gasteiger partial charge in [-0.1, -0.05) is 50.2 Å². The predicted molar refractivity (Wildman–Crippen MR) is 84.1 cm³/mol. The van der Waals surface area contributed by atoms with Gasteiger partial charge in [-0.25, -0.2) is 0 Å². The number of amides is 1. The summed E-state index contributed by atoms with van der Waals surface area (Å²) in [4.78, 5) is 14.6. The first-order valence-corrected chi connectivity index (χ1v) is 7.24. The molecule has 0 heterocycles. The zero-order valence-electron chi connectivity index (χ0n) is 12.2. The second kappa shape index (κ2) is 7.06. The molecule has 0 unspecified atom stereocenters. The van der Waals surface area contributed by atoms with Gasteiger partial charge in [0.2, 0.25) is 0 Å². The third kappa shape index (κ3) is 3.36. The van der Waals surface area contributed by atoms with Crippen LogP contribution < -0.4 is 5.32 Å². The Morgan fingerprint density at radius 2 is 1.75 bits per heavy atom. The van der Waals surface area contributed by atoms with Gasteiger partial charge in [0.15, 0.2) is 0 Å². The highest BCUT2D eigenvalue weighted by Crippen LogP contribution is 2.18. The minimum absolute atomic E-state index is 0.00829. The molecular weight excluding hydrogens is 248 g/mol. The maximum Gasteiger partial charge on any atom is 0.251 e. The minimum Gasteiger partial charge on any atom is -0.351 e. The first-order valence-electron chi connectivity index (χ1n) is 7.24. The largest absolute Gasteiger partial charge is 0.351 e. The third-order valence-electron chi connectivity index (χ3n) is 3.64. The van der Waals surface area contributed by atoms with E-state index in [1.165, 1.54) is 0 Å². The van der Waals surface area contributed by atoms with E-state index in [9.17, 15) is 4.79 Å². The fourth-order valence-electron chi connectivity index (χ4n) is 2.39. The Bertz CT molecular complexity index is 571. The Morgan fingerprint density at radius 1 is 1.05 bits per heavy atom. The number of hydrogen-bond donors (Lipinski definition) is 1. The lowest BCUT2D eigenvalue weighted by Gasteiger charge is -2.18. The van der Waals surface area contributed by atoms with Crippen LogP contribution in [0.1, 0.15) is 24.2 Å². The van der Waals surface area contributed by atoms with Gasteiger partial charge in [0.1, 0.15) is 0 Å². The van der Waals surface area contributed by atoms with Gasteiger partial charge in [0, 0.05) is 18.7 Å². The topological polar surface area (TPSA) is 32.3 Å². The lowest BCUT2D eigenvalue weighted by Crippen LogP contribution is -2.34. The van der Waals surface area contributed by atoms with E-state index in [1.54, 1.807) is 0 Å². The molecule has 1 amide bonds. The SMILES string of the molecule is CCN(CC)CCNC(=O)c1cccc2ccccc12. The summed E-state index contributed by atoms with van der Waals surface area (Å²) < 4.78 is 0. The van der Waals surface area contributed by atoms with Crippen molar-refractivity contribution in [1.29, 1.82) is 0 Å². The van der Waals surface area contributed by atoms with E-state index in [1.807, 2.05) is 42.5 Å². The molecule has 0 radical (unpaired) electrons. The van der Waals surface area contributed by atoms with Crippen LogP contribution in [0.3, 0.4) is 0 Å². The molecule has 0 bridgehead atoms. The van der Waals surface area contributed by atoms with Crippen molar-refractivity contribution in [3.05, 3.63) is 48.0 Å². The molecule has 20 heavy (non-hydrogen) atoms. The Labute approximate surface area is 120 Å². The molecule has 2 aromatic rings. The summed E-state index contributed by atoms with van der Waals surface area (Å²) in [7, 11) is 0. The fourth-order valence-corrected chi connectivity index (χ4v) is 2.39. The average molecular weight is 270 g/mol. The summed E-state index contributed by atoms with van der Waals surface area (Å²) in [5.41, 5.74) is 0.752. The lowest BCUT2D eigenvalue weighted by molar-refractivity contribution is 0.0950. The molecule has 0 aliphatic carbocycles. The van der Waals surface area contributed by atoms with E-state index in [2.05, 4.69) is 24.1 Å². The summed E-state index contributed by atoms with van der Waals surface area (Å²) in [5.74, 6) is 0.00829. The standard InChI is InChI=1S/C17H22N2O/c1-3-19(4-2)13-12-18-17(20)16-11-7-9-14-8-5-6-10-15(14)16/h5-11H,3-4,12-13H2,1-2H3,(H,18,20). The van der Waals surface area contributed by atoms with E-state index in [-0.39, 0.29) is 5.91 Å². The molecule has 1 N–H and O–H groups in total. The number of likely N-dealkylation sites (N-methyl/N-ethyl adjacent to an activating group) is 1. The van der Waals surface area contributed by atoms with E-state index < -0.39 is 0 Å². The molecular formula is C17H22N2O. The molecule has 0 aliphatic rings. The number of fused-ring (bicyclic) bond motifs is 1. The van der Waals surface area contributed by atoms with E-state index in [4.69, 9.17) is 0 Å². The van der Waals surface area contributed by atoms with Crippen LogP contribution in [0, 0.1) is 0 Å². The Balaban J connectivity index is 2.05. The number of nitrogens with one attached hydrogen (secondary N) is 1. The van der Waals surface area contributed by atoms with E-state index in [0.717, 1.165) is 36.0 Å².